The van der Waals surface area contributed by atoms with Crippen LogP contribution < -0.4 is 0 Å². The molecule has 0 radical (unpaired) electrons. The number of hydrogen-bond donors (Lipinski definition) is 0. The van der Waals surface area contributed by atoms with Crippen molar-refractivity contribution in [2.45, 2.75) is 12.8 Å². The number of aryl methyl sites for hydroxylation is 1. The van der Waals surface area contributed by atoms with E-state index in [1.165, 1.54) is 5.56 Å². The molecule has 0 N–H and O–H groups in total. The third-order valence-corrected chi connectivity index (χ3v) is 2.95. The van der Waals surface area contributed by atoms with E-state index in [1.807, 2.05) is 13.0 Å². The molecule has 0 amide bonds. The molecule has 60 valence electrons. The summed E-state index contributed by atoms with van der Waals surface area (Å²) in [4.78, 5) is 0. The Morgan fingerprint density at radius 3 is 2.45 bits per heavy atom. The summed E-state index contributed by atoms with van der Waals surface area (Å²) in [6, 6.07) is 4.06. The molecule has 0 aliphatic heterocycles. The molecule has 0 spiro atoms. The van der Waals surface area contributed by atoms with E-state index in [0.717, 1.165) is 14.5 Å². The molecule has 0 saturated carbocycles. The number of halogens is 3. The Balaban J connectivity index is 3.25. The third kappa shape index (κ3) is 2.20. The fourth-order valence-corrected chi connectivity index (χ4v) is 3.00. The molecule has 0 aliphatic carbocycles. The van der Waals surface area contributed by atoms with E-state index in [-0.39, 0.29) is 0 Å². The predicted molar refractivity (Wildman–Crippen MR) is 56.1 cm³/mol. The molecule has 0 aliphatic rings. The summed E-state index contributed by atoms with van der Waals surface area (Å²) in [5, 5.41) is 0. The SMILES string of the molecule is Cc1cc(Br)cc(Br)c1CCl. The Morgan fingerprint density at radius 1 is 1.36 bits per heavy atom. The van der Waals surface area contributed by atoms with Gasteiger partial charge in [0, 0.05) is 14.8 Å². The molecule has 0 heterocycles. The van der Waals surface area contributed by atoms with Gasteiger partial charge in [0.1, 0.15) is 0 Å². The minimum absolute atomic E-state index is 0.555. The van der Waals surface area contributed by atoms with Gasteiger partial charge in [-0.25, -0.2) is 0 Å². The second-order valence-electron chi connectivity index (χ2n) is 2.32. The fraction of sp³-hybridized carbons (Fsp3) is 0.250. The maximum Gasteiger partial charge on any atom is 0.0487 e. The summed E-state index contributed by atoms with van der Waals surface area (Å²) in [6.45, 7) is 2.05. The standard InChI is InChI=1S/C8H7Br2Cl/c1-5-2-6(9)3-8(10)7(5)4-11/h2-3H,4H2,1H3. The van der Waals surface area contributed by atoms with Crippen molar-refractivity contribution in [2.75, 3.05) is 0 Å². The fourth-order valence-electron chi connectivity index (χ4n) is 0.901. The van der Waals surface area contributed by atoms with Crippen LogP contribution in [0.1, 0.15) is 11.1 Å². The molecule has 0 nitrogen and oxygen atoms in total. The van der Waals surface area contributed by atoms with Gasteiger partial charge in [-0.05, 0) is 30.2 Å². The minimum atomic E-state index is 0.555. The normalized spacial score (nSPS) is 10.2. The number of alkyl halides is 1. The van der Waals surface area contributed by atoms with E-state index in [0.29, 0.717) is 5.88 Å². The van der Waals surface area contributed by atoms with E-state index in [9.17, 15) is 0 Å². The highest BCUT2D eigenvalue weighted by Crippen LogP contribution is 2.26. The van der Waals surface area contributed by atoms with Gasteiger partial charge in [-0.1, -0.05) is 31.9 Å². The zero-order chi connectivity index (χ0) is 8.43. The van der Waals surface area contributed by atoms with Crippen LogP contribution in [0.5, 0.6) is 0 Å². The van der Waals surface area contributed by atoms with Gasteiger partial charge in [0.2, 0.25) is 0 Å². The van der Waals surface area contributed by atoms with Crippen LogP contribution in [-0.4, -0.2) is 0 Å². The predicted octanol–water partition coefficient (Wildman–Crippen LogP) is 4.26. The molecule has 11 heavy (non-hydrogen) atoms. The molecular weight excluding hydrogens is 291 g/mol. The Labute approximate surface area is 88.2 Å². The van der Waals surface area contributed by atoms with E-state index < -0.39 is 0 Å². The lowest BCUT2D eigenvalue weighted by Crippen LogP contribution is -1.86. The largest absolute Gasteiger partial charge is 0.121 e. The maximum absolute atomic E-state index is 5.74. The first-order valence-electron chi connectivity index (χ1n) is 3.15. The number of benzene rings is 1. The van der Waals surface area contributed by atoms with Gasteiger partial charge in [0.25, 0.3) is 0 Å². The molecule has 0 aromatic heterocycles. The molecule has 0 unspecified atom stereocenters. The van der Waals surface area contributed by atoms with Gasteiger partial charge >= 0.3 is 0 Å². The van der Waals surface area contributed by atoms with Crippen molar-refractivity contribution >= 4 is 43.5 Å². The van der Waals surface area contributed by atoms with Gasteiger partial charge in [-0.15, -0.1) is 11.6 Å². The van der Waals surface area contributed by atoms with Crippen molar-refractivity contribution in [2.24, 2.45) is 0 Å². The van der Waals surface area contributed by atoms with Crippen molar-refractivity contribution < 1.29 is 0 Å². The Kier molecular flexibility index (Phi) is 3.41. The highest BCUT2D eigenvalue weighted by molar-refractivity contribution is 9.11. The molecule has 3 heteroatoms. The first-order chi connectivity index (χ1) is 5.15. The summed E-state index contributed by atoms with van der Waals surface area (Å²) in [5.74, 6) is 0.555. The monoisotopic (exact) mass is 296 g/mol. The van der Waals surface area contributed by atoms with Gasteiger partial charge in [-0.2, -0.15) is 0 Å². The third-order valence-electron chi connectivity index (χ3n) is 1.52. The molecule has 0 saturated heterocycles. The van der Waals surface area contributed by atoms with Crippen LogP contribution in [0.4, 0.5) is 0 Å². The molecule has 0 bridgehead atoms. The van der Waals surface area contributed by atoms with Crippen LogP contribution in [0.3, 0.4) is 0 Å². The molecule has 1 aromatic carbocycles. The van der Waals surface area contributed by atoms with Crippen molar-refractivity contribution in [1.82, 2.24) is 0 Å². The highest BCUT2D eigenvalue weighted by atomic mass is 79.9. The van der Waals surface area contributed by atoms with Crippen LogP contribution in [0, 0.1) is 6.92 Å². The van der Waals surface area contributed by atoms with E-state index in [2.05, 4.69) is 37.9 Å². The van der Waals surface area contributed by atoms with Crippen LogP contribution >= 0.6 is 43.5 Å². The van der Waals surface area contributed by atoms with Gasteiger partial charge in [0.05, 0.1) is 0 Å². The van der Waals surface area contributed by atoms with Crippen molar-refractivity contribution in [3.05, 3.63) is 32.2 Å². The van der Waals surface area contributed by atoms with E-state index >= 15 is 0 Å². The average Bonchev–Trinajstić information content (AvgIpc) is 1.85. The van der Waals surface area contributed by atoms with Crippen LogP contribution in [-0.2, 0) is 5.88 Å². The van der Waals surface area contributed by atoms with Crippen molar-refractivity contribution in [3.63, 3.8) is 0 Å². The highest BCUT2D eigenvalue weighted by Gasteiger charge is 2.02. The summed E-state index contributed by atoms with van der Waals surface area (Å²) < 4.78 is 2.15. The van der Waals surface area contributed by atoms with Crippen LogP contribution in [0.15, 0.2) is 21.1 Å². The second kappa shape index (κ2) is 3.92. The zero-order valence-corrected chi connectivity index (χ0v) is 9.92. The topological polar surface area (TPSA) is 0 Å². The summed E-state index contributed by atoms with van der Waals surface area (Å²) in [5.41, 5.74) is 2.37. The Hall–Kier alpha value is 0.470. The molecule has 1 rings (SSSR count). The molecule has 1 aromatic rings. The molecule has 0 atom stereocenters. The Morgan fingerprint density at radius 2 is 2.00 bits per heavy atom. The molecule has 0 fully saturated rings. The van der Waals surface area contributed by atoms with Gasteiger partial charge in [0.15, 0.2) is 0 Å². The van der Waals surface area contributed by atoms with Crippen LogP contribution in [0.25, 0.3) is 0 Å². The summed E-state index contributed by atoms with van der Waals surface area (Å²) in [6.07, 6.45) is 0. The zero-order valence-electron chi connectivity index (χ0n) is 6.00. The van der Waals surface area contributed by atoms with Gasteiger partial charge in [-0.3, -0.25) is 0 Å². The Bertz CT molecular complexity index is 248. The lowest BCUT2D eigenvalue weighted by molar-refractivity contribution is 1.27. The smallest absolute Gasteiger partial charge is 0.0487 e. The first-order valence-corrected chi connectivity index (χ1v) is 5.27. The number of rotatable bonds is 1. The lowest BCUT2D eigenvalue weighted by Gasteiger charge is -2.04. The van der Waals surface area contributed by atoms with E-state index in [1.54, 1.807) is 0 Å². The summed E-state index contributed by atoms with van der Waals surface area (Å²) >= 11 is 12.6. The quantitative estimate of drug-likeness (QED) is 0.680. The minimum Gasteiger partial charge on any atom is -0.121 e. The van der Waals surface area contributed by atoms with Crippen molar-refractivity contribution in [1.29, 1.82) is 0 Å². The second-order valence-corrected chi connectivity index (χ2v) is 4.35. The van der Waals surface area contributed by atoms with Gasteiger partial charge < -0.3 is 0 Å². The van der Waals surface area contributed by atoms with Crippen molar-refractivity contribution in [3.8, 4) is 0 Å². The number of hydrogen-bond acceptors (Lipinski definition) is 0. The summed E-state index contributed by atoms with van der Waals surface area (Å²) in [7, 11) is 0. The molecular formula is C8H7Br2Cl. The first kappa shape index (κ1) is 9.56. The van der Waals surface area contributed by atoms with Crippen LogP contribution in [0.2, 0.25) is 0 Å². The van der Waals surface area contributed by atoms with E-state index in [4.69, 9.17) is 11.6 Å². The maximum atomic E-state index is 5.74. The average molecular weight is 298 g/mol. The lowest BCUT2D eigenvalue weighted by atomic mass is 10.1.